The van der Waals surface area contributed by atoms with E-state index in [9.17, 15) is 0 Å². The lowest BCUT2D eigenvalue weighted by atomic mass is 10.3. The quantitative estimate of drug-likeness (QED) is 0.567. The molecule has 2 N–H and O–H groups in total. The van der Waals surface area contributed by atoms with E-state index in [4.69, 9.17) is 5.73 Å². The summed E-state index contributed by atoms with van der Waals surface area (Å²) in [5, 5.41) is 0. The van der Waals surface area contributed by atoms with E-state index in [1.165, 1.54) is 6.33 Å². The number of nitrogen functional groups attached to an aromatic ring is 1. The van der Waals surface area contributed by atoms with Crippen LogP contribution in [0, 0.1) is 0 Å². The largest absolute Gasteiger partial charge is 0.384 e. The van der Waals surface area contributed by atoms with Gasteiger partial charge in [-0.1, -0.05) is 6.08 Å². The van der Waals surface area contributed by atoms with Crippen molar-refractivity contribution in [2.75, 3.05) is 24.2 Å². The molecule has 14 heavy (non-hydrogen) atoms. The number of rotatable bonds is 5. The SMILES string of the molecule is C=CCCCN(C)c1cc(N)ncn1. The van der Waals surface area contributed by atoms with Crippen molar-refractivity contribution in [3.63, 3.8) is 0 Å². The second-order valence-electron chi connectivity index (χ2n) is 3.15. The lowest BCUT2D eigenvalue weighted by molar-refractivity contribution is 0.790. The van der Waals surface area contributed by atoms with Crippen LogP contribution in [-0.4, -0.2) is 23.6 Å². The Morgan fingerprint density at radius 3 is 3.00 bits per heavy atom. The van der Waals surface area contributed by atoms with E-state index in [1.54, 1.807) is 6.07 Å². The van der Waals surface area contributed by atoms with E-state index in [0.29, 0.717) is 5.82 Å². The van der Waals surface area contributed by atoms with Gasteiger partial charge in [0.25, 0.3) is 0 Å². The summed E-state index contributed by atoms with van der Waals surface area (Å²) >= 11 is 0. The average Bonchev–Trinajstić information content (AvgIpc) is 2.18. The molecular weight excluding hydrogens is 176 g/mol. The lowest BCUT2D eigenvalue weighted by Gasteiger charge is -2.17. The Hall–Kier alpha value is -1.58. The first-order valence-corrected chi connectivity index (χ1v) is 4.63. The van der Waals surface area contributed by atoms with Crippen LogP contribution in [0.1, 0.15) is 12.8 Å². The molecule has 0 radical (unpaired) electrons. The minimum Gasteiger partial charge on any atom is -0.384 e. The molecule has 4 nitrogen and oxygen atoms in total. The van der Waals surface area contributed by atoms with Crippen LogP contribution in [0.3, 0.4) is 0 Å². The van der Waals surface area contributed by atoms with E-state index in [0.717, 1.165) is 25.2 Å². The molecule has 1 aromatic rings. The van der Waals surface area contributed by atoms with Crippen LogP contribution in [0.4, 0.5) is 11.6 Å². The van der Waals surface area contributed by atoms with Crippen LogP contribution in [0.25, 0.3) is 0 Å². The van der Waals surface area contributed by atoms with Crippen molar-refractivity contribution in [1.82, 2.24) is 9.97 Å². The van der Waals surface area contributed by atoms with Crippen molar-refractivity contribution in [2.45, 2.75) is 12.8 Å². The first-order chi connectivity index (χ1) is 6.74. The van der Waals surface area contributed by atoms with Gasteiger partial charge in [-0.3, -0.25) is 0 Å². The van der Waals surface area contributed by atoms with Gasteiger partial charge in [-0.15, -0.1) is 6.58 Å². The van der Waals surface area contributed by atoms with Crippen molar-refractivity contribution >= 4 is 11.6 Å². The summed E-state index contributed by atoms with van der Waals surface area (Å²) in [6.45, 7) is 4.63. The summed E-state index contributed by atoms with van der Waals surface area (Å²) in [6, 6.07) is 1.77. The van der Waals surface area contributed by atoms with Gasteiger partial charge < -0.3 is 10.6 Å². The molecule has 0 saturated heterocycles. The monoisotopic (exact) mass is 192 g/mol. The van der Waals surface area contributed by atoms with Gasteiger partial charge in [-0.05, 0) is 12.8 Å². The summed E-state index contributed by atoms with van der Waals surface area (Å²) in [5.74, 6) is 1.37. The number of hydrogen-bond acceptors (Lipinski definition) is 4. The Bertz CT molecular complexity index is 298. The van der Waals surface area contributed by atoms with Crippen molar-refractivity contribution in [3.05, 3.63) is 25.0 Å². The van der Waals surface area contributed by atoms with Crippen molar-refractivity contribution < 1.29 is 0 Å². The molecule has 0 aliphatic carbocycles. The summed E-state index contributed by atoms with van der Waals surface area (Å²) in [4.78, 5) is 10.0. The zero-order valence-corrected chi connectivity index (χ0v) is 8.48. The number of hydrogen-bond donors (Lipinski definition) is 1. The molecule has 0 aliphatic rings. The zero-order chi connectivity index (χ0) is 10.4. The van der Waals surface area contributed by atoms with Crippen molar-refractivity contribution in [3.8, 4) is 0 Å². The normalized spacial score (nSPS) is 9.79. The highest BCUT2D eigenvalue weighted by Gasteiger charge is 2.01. The molecule has 0 atom stereocenters. The number of anilines is 2. The molecule has 0 spiro atoms. The summed E-state index contributed by atoms with van der Waals surface area (Å²) in [6.07, 6.45) is 5.49. The highest BCUT2D eigenvalue weighted by Crippen LogP contribution is 2.10. The highest BCUT2D eigenvalue weighted by atomic mass is 15.2. The smallest absolute Gasteiger partial charge is 0.133 e. The number of unbranched alkanes of at least 4 members (excludes halogenated alkanes) is 1. The molecule has 0 bridgehead atoms. The molecule has 0 aliphatic heterocycles. The number of nitrogens with zero attached hydrogens (tertiary/aromatic N) is 3. The van der Waals surface area contributed by atoms with Crippen molar-refractivity contribution in [1.29, 1.82) is 0 Å². The number of allylic oxidation sites excluding steroid dienone is 1. The molecule has 76 valence electrons. The molecule has 0 unspecified atom stereocenters. The minimum absolute atomic E-state index is 0.505. The molecule has 4 heteroatoms. The molecule has 1 heterocycles. The Morgan fingerprint density at radius 2 is 2.36 bits per heavy atom. The lowest BCUT2D eigenvalue weighted by Crippen LogP contribution is -2.19. The van der Waals surface area contributed by atoms with E-state index in [-0.39, 0.29) is 0 Å². The fraction of sp³-hybridized carbons (Fsp3) is 0.400. The van der Waals surface area contributed by atoms with E-state index in [2.05, 4.69) is 21.4 Å². The molecule has 0 amide bonds. The van der Waals surface area contributed by atoms with Gasteiger partial charge in [0, 0.05) is 19.7 Å². The molecule has 1 rings (SSSR count). The maximum Gasteiger partial charge on any atom is 0.133 e. The van der Waals surface area contributed by atoms with Gasteiger partial charge >= 0.3 is 0 Å². The average molecular weight is 192 g/mol. The Balaban J connectivity index is 2.51. The summed E-state index contributed by atoms with van der Waals surface area (Å²) in [7, 11) is 1.99. The zero-order valence-electron chi connectivity index (χ0n) is 8.48. The van der Waals surface area contributed by atoms with Gasteiger partial charge in [-0.2, -0.15) is 0 Å². The van der Waals surface area contributed by atoms with E-state index in [1.807, 2.05) is 13.1 Å². The van der Waals surface area contributed by atoms with Gasteiger partial charge in [0.1, 0.15) is 18.0 Å². The summed E-state index contributed by atoms with van der Waals surface area (Å²) < 4.78 is 0. The van der Waals surface area contributed by atoms with Crippen LogP contribution < -0.4 is 10.6 Å². The molecular formula is C10H16N4. The van der Waals surface area contributed by atoms with E-state index < -0.39 is 0 Å². The third-order valence-corrected chi connectivity index (χ3v) is 1.97. The van der Waals surface area contributed by atoms with Crippen LogP contribution in [0.15, 0.2) is 25.0 Å². The van der Waals surface area contributed by atoms with Gasteiger partial charge in [0.05, 0.1) is 0 Å². The second kappa shape index (κ2) is 5.21. The third kappa shape index (κ3) is 3.05. The predicted molar refractivity (Wildman–Crippen MR) is 59.1 cm³/mol. The number of aromatic nitrogens is 2. The Morgan fingerprint density at radius 1 is 1.57 bits per heavy atom. The Kier molecular flexibility index (Phi) is 3.91. The maximum atomic E-state index is 5.56. The second-order valence-corrected chi connectivity index (χ2v) is 3.15. The molecule has 0 fully saturated rings. The third-order valence-electron chi connectivity index (χ3n) is 1.97. The molecule has 0 saturated carbocycles. The van der Waals surface area contributed by atoms with Gasteiger partial charge in [-0.25, -0.2) is 9.97 Å². The predicted octanol–water partition coefficient (Wildman–Crippen LogP) is 1.46. The standard InChI is InChI=1S/C10H16N4/c1-3-4-5-6-14(2)10-7-9(11)12-8-13-10/h3,7-8H,1,4-6H2,2H3,(H2,11,12,13). The highest BCUT2D eigenvalue weighted by molar-refractivity contribution is 5.44. The first-order valence-electron chi connectivity index (χ1n) is 4.63. The fourth-order valence-electron chi connectivity index (χ4n) is 1.16. The van der Waals surface area contributed by atoms with Crippen LogP contribution >= 0.6 is 0 Å². The van der Waals surface area contributed by atoms with Gasteiger partial charge in [0.15, 0.2) is 0 Å². The molecule has 0 aromatic carbocycles. The maximum absolute atomic E-state index is 5.56. The Labute approximate surface area is 84.5 Å². The van der Waals surface area contributed by atoms with Crippen molar-refractivity contribution in [2.24, 2.45) is 0 Å². The minimum atomic E-state index is 0.505. The van der Waals surface area contributed by atoms with Crippen LogP contribution in [-0.2, 0) is 0 Å². The molecule has 1 aromatic heterocycles. The summed E-state index contributed by atoms with van der Waals surface area (Å²) in [5.41, 5.74) is 5.56. The van der Waals surface area contributed by atoms with E-state index >= 15 is 0 Å². The fourth-order valence-corrected chi connectivity index (χ4v) is 1.16. The van der Waals surface area contributed by atoms with Crippen LogP contribution in [0.5, 0.6) is 0 Å². The number of nitrogens with two attached hydrogens (primary N) is 1. The first kappa shape index (κ1) is 10.5. The van der Waals surface area contributed by atoms with Crippen LogP contribution in [0.2, 0.25) is 0 Å². The van der Waals surface area contributed by atoms with Gasteiger partial charge in [0.2, 0.25) is 0 Å². The topological polar surface area (TPSA) is 55.0 Å².